The molecular weight excluding hydrogens is 296 g/mol. The van der Waals surface area contributed by atoms with Crippen LogP contribution >= 0.6 is 11.8 Å². The smallest absolute Gasteiger partial charge is 0.238 e. The maximum atomic E-state index is 12.5. The molecule has 1 aliphatic rings. The topological polar surface area (TPSA) is 80.9 Å². The molecule has 0 aliphatic heterocycles. The number of aromatic nitrogens is 2. The van der Waals surface area contributed by atoms with Gasteiger partial charge in [0, 0.05) is 17.8 Å². The van der Waals surface area contributed by atoms with E-state index in [0.29, 0.717) is 17.0 Å². The number of thioether (sulfide) groups is 1. The number of amides is 1. The number of nitrogens with two attached hydrogens (primary N) is 1. The summed E-state index contributed by atoms with van der Waals surface area (Å²) in [7, 11) is 0. The number of rotatable bonds is 5. The zero-order valence-corrected chi connectivity index (χ0v) is 13.1. The highest BCUT2D eigenvalue weighted by Gasteiger charge is 2.29. The quantitative estimate of drug-likeness (QED) is 0.654. The standard InChI is InChI=1S/C16H18N4OS/c1-10-9-13(17)20-16(18-10)22-14(11-5-3-2-4-6-11)15(21)19-12-7-8-12/h2-6,9,12,14H,7-8H2,1H3,(H,19,21)(H2,17,18,20). The highest BCUT2D eigenvalue weighted by molar-refractivity contribution is 8.00. The first-order chi connectivity index (χ1) is 10.6. The molecule has 22 heavy (non-hydrogen) atoms. The van der Waals surface area contributed by atoms with Gasteiger partial charge in [0.25, 0.3) is 0 Å². The number of benzene rings is 1. The lowest BCUT2D eigenvalue weighted by Crippen LogP contribution is -2.29. The minimum Gasteiger partial charge on any atom is -0.384 e. The molecule has 1 fully saturated rings. The highest BCUT2D eigenvalue weighted by atomic mass is 32.2. The molecule has 1 aromatic heterocycles. The molecular formula is C16H18N4OS. The second kappa shape index (κ2) is 6.36. The third-order valence-corrected chi connectivity index (χ3v) is 4.46. The monoisotopic (exact) mass is 314 g/mol. The number of anilines is 1. The Morgan fingerprint density at radius 3 is 2.68 bits per heavy atom. The Morgan fingerprint density at radius 2 is 2.05 bits per heavy atom. The van der Waals surface area contributed by atoms with E-state index in [1.165, 1.54) is 11.8 Å². The van der Waals surface area contributed by atoms with Crippen LogP contribution in [0.2, 0.25) is 0 Å². The van der Waals surface area contributed by atoms with E-state index in [0.717, 1.165) is 24.1 Å². The fourth-order valence-corrected chi connectivity index (χ4v) is 3.16. The van der Waals surface area contributed by atoms with Gasteiger partial charge in [-0.15, -0.1) is 0 Å². The van der Waals surface area contributed by atoms with Gasteiger partial charge < -0.3 is 11.1 Å². The molecule has 0 radical (unpaired) electrons. The Morgan fingerprint density at radius 1 is 1.32 bits per heavy atom. The van der Waals surface area contributed by atoms with Gasteiger partial charge in [-0.1, -0.05) is 42.1 Å². The molecule has 0 bridgehead atoms. The number of hydrogen-bond donors (Lipinski definition) is 2. The number of aryl methyl sites for hydroxylation is 1. The molecule has 0 saturated heterocycles. The first-order valence-corrected chi connectivity index (χ1v) is 8.13. The minimum atomic E-state index is -0.372. The highest BCUT2D eigenvalue weighted by Crippen LogP contribution is 2.35. The van der Waals surface area contributed by atoms with Crippen molar-refractivity contribution in [2.75, 3.05) is 5.73 Å². The molecule has 1 aliphatic carbocycles. The van der Waals surface area contributed by atoms with Gasteiger partial charge in [-0.3, -0.25) is 4.79 Å². The van der Waals surface area contributed by atoms with Crippen molar-refractivity contribution in [3.05, 3.63) is 47.7 Å². The Hall–Kier alpha value is -2.08. The van der Waals surface area contributed by atoms with Crippen molar-refractivity contribution in [2.45, 2.75) is 36.2 Å². The fourth-order valence-electron chi connectivity index (χ4n) is 2.13. The van der Waals surface area contributed by atoms with E-state index in [1.54, 1.807) is 6.07 Å². The van der Waals surface area contributed by atoms with Crippen molar-refractivity contribution >= 4 is 23.5 Å². The number of carbonyl (C=O) groups is 1. The fraction of sp³-hybridized carbons (Fsp3) is 0.312. The first kappa shape index (κ1) is 14.8. The molecule has 1 aromatic carbocycles. The third-order valence-electron chi connectivity index (χ3n) is 3.34. The van der Waals surface area contributed by atoms with Crippen LogP contribution in [0.3, 0.4) is 0 Å². The zero-order chi connectivity index (χ0) is 15.5. The van der Waals surface area contributed by atoms with Crippen molar-refractivity contribution in [1.82, 2.24) is 15.3 Å². The minimum absolute atomic E-state index is 0.00220. The van der Waals surface area contributed by atoms with Gasteiger partial charge >= 0.3 is 0 Å². The molecule has 2 aromatic rings. The Bertz CT molecular complexity index is 653. The molecule has 1 amide bonds. The first-order valence-electron chi connectivity index (χ1n) is 7.25. The van der Waals surface area contributed by atoms with Crippen molar-refractivity contribution in [3.8, 4) is 0 Å². The Balaban J connectivity index is 1.85. The van der Waals surface area contributed by atoms with Crippen molar-refractivity contribution < 1.29 is 4.79 Å². The predicted octanol–water partition coefficient (Wildman–Crippen LogP) is 2.48. The van der Waals surface area contributed by atoms with Crippen LogP contribution in [0.4, 0.5) is 5.82 Å². The van der Waals surface area contributed by atoms with E-state index in [1.807, 2.05) is 37.3 Å². The number of hydrogen-bond acceptors (Lipinski definition) is 5. The lowest BCUT2D eigenvalue weighted by molar-refractivity contribution is -0.120. The summed E-state index contributed by atoms with van der Waals surface area (Å²) < 4.78 is 0. The van der Waals surface area contributed by atoms with E-state index >= 15 is 0 Å². The molecule has 1 atom stereocenters. The summed E-state index contributed by atoms with van der Waals surface area (Å²) in [6.07, 6.45) is 2.12. The summed E-state index contributed by atoms with van der Waals surface area (Å²) in [4.78, 5) is 21.1. The third kappa shape index (κ3) is 3.76. The van der Waals surface area contributed by atoms with Gasteiger partial charge in [-0.2, -0.15) is 0 Å². The molecule has 1 saturated carbocycles. The summed E-state index contributed by atoms with van der Waals surface area (Å²) in [5.74, 6) is 0.423. The van der Waals surface area contributed by atoms with Crippen molar-refractivity contribution in [2.24, 2.45) is 0 Å². The molecule has 3 rings (SSSR count). The maximum Gasteiger partial charge on any atom is 0.238 e. The summed E-state index contributed by atoms with van der Waals surface area (Å²) in [6, 6.07) is 11.7. The second-order valence-corrected chi connectivity index (χ2v) is 6.48. The van der Waals surface area contributed by atoms with Crippen LogP contribution < -0.4 is 11.1 Å². The van der Waals surface area contributed by atoms with Gasteiger partial charge in [0.05, 0.1) is 0 Å². The molecule has 1 unspecified atom stereocenters. The van der Waals surface area contributed by atoms with Crippen LogP contribution in [0.15, 0.2) is 41.6 Å². The number of nitrogens with one attached hydrogen (secondary N) is 1. The van der Waals surface area contributed by atoms with Gasteiger partial charge in [0.1, 0.15) is 11.1 Å². The molecule has 1 heterocycles. The largest absolute Gasteiger partial charge is 0.384 e. The average molecular weight is 314 g/mol. The van der Waals surface area contributed by atoms with Crippen LogP contribution in [0.1, 0.15) is 29.3 Å². The van der Waals surface area contributed by atoms with Crippen LogP contribution in [0.25, 0.3) is 0 Å². The van der Waals surface area contributed by atoms with Gasteiger partial charge in [0.15, 0.2) is 5.16 Å². The van der Waals surface area contributed by atoms with Crippen molar-refractivity contribution in [1.29, 1.82) is 0 Å². The van der Waals surface area contributed by atoms with Crippen LogP contribution in [0.5, 0.6) is 0 Å². The molecule has 3 N–H and O–H groups in total. The maximum absolute atomic E-state index is 12.5. The van der Waals surface area contributed by atoms with Crippen LogP contribution in [-0.4, -0.2) is 21.9 Å². The Labute approximate surface area is 133 Å². The second-order valence-electron chi connectivity index (χ2n) is 5.41. The average Bonchev–Trinajstić information content (AvgIpc) is 3.28. The summed E-state index contributed by atoms with van der Waals surface area (Å²) in [5.41, 5.74) is 7.51. The van der Waals surface area contributed by atoms with E-state index in [2.05, 4.69) is 15.3 Å². The summed E-state index contributed by atoms with van der Waals surface area (Å²) in [6.45, 7) is 1.86. The van der Waals surface area contributed by atoms with E-state index in [-0.39, 0.29) is 11.2 Å². The van der Waals surface area contributed by atoms with E-state index in [4.69, 9.17) is 5.73 Å². The number of nitrogens with zero attached hydrogens (tertiary/aromatic N) is 2. The van der Waals surface area contributed by atoms with E-state index in [9.17, 15) is 4.79 Å². The summed E-state index contributed by atoms with van der Waals surface area (Å²) in [5, 5.41) is 3.21. The van der Waals surface area contributed by atoms with Gasteiger partial charge in [-0.05, 0) is 25.3 Å². The number of carbonyl (C=O) groups excluding carboxylic acids is 1. The lowest BCUT2D eigenvalue weighted by atomic mass is 10.1. The summed E-state index contributed by atoms with van der Waals surface area (Å²) >= 11 is 1.33. The molecule has 6 heteroatoms. The number of nitrogen functional groups attached to an aromatic ring is 1. The van der Waals surface area contributed by atoms with E-state index < -0.39 is 0 Å². The van der Waals surface area contributed by atoms with Crippen LogP contribution in [-0.2, 0) is 4.79 Å². The lowest BCUT2D eigenvalue weighted by Gasteiger charge is -2.16. The normalized spacial score (nSPS) is 15.3. The molecule has 5 nitrogen and oxygen atoms in total. The molecule has 0 spiro atoms. The van der Waals surface area contributed by atoms with Crippen LogP contribution in [0, 0.1) is 6.92 Å². The van der Waals surface area contributed by atoms with Gasteiger partial charge in [0.2, 0.25) is 5.91 Å². The zero-order valence-electron chi connectivity index (χ0n) is 12.3. The van der Waals surface area contributed by atoms with Gasteiger partial charge in [-0.25, -0.2) is 9.97 Å². The molecule has 114 valence electrons. The SMILES string of the molecule is Cc1cc(N)nc(SC(C(=O)NC2CC2)c2ccccc2)n1. The van der Waals surface area contributed by atoms with Crippen molar-refractivity contribution in [3.63, 3.8) is 0 Å². The Kier molecular flexibility index (Phi) is 4.29. The predicted molar refractivity (Wildman–Crippen MR) is 87.4 cm³/mol.